The van der Waals surface area contributed by atoms with E-state index in [0.717, 1.165) is 24.2 Å². The average Bonchev–Trinajstić information content (AvgIpc) is 2.23. The Morgan fingerprint density at radius 2 is 2.06 bits per heavy atom. The van der Waals surface area contributed by atoms with Gasteiger partial charge in [0.1, 0.15) is 5.75 Å². The summed E-state index contributed by atoms with van der Waals surface area (Å²) < 4.78 is 26.5. The lowest BCUT2D eigenvalue weighted by molar-refractivity contribution is 0.414. The molecule has 16 heavy (non-hydrogen) atoms. The molecule has 0 fully saturated rings. The molecule has 0 heterocycles. The predicted molar refractivity (Wildman–Crippen MR) is 65.6 cm³/mol. The van der Waals surface area contributed by atoms with Crippen molar-refractivity contribution in [3.05, 3.63) is 29.8 Å². The minimum atomic E-state index is -3.34. The normalized spacial score (nSPS) is 11.4. The standard InChI is InChI=1S/C11H15ClO3S/c1-15-11-7-4-6-10(9-11)5-2-3-8-16(12,13)14/h4,6-7,9H,2-3,5,8H2,1H3. The lowest BCUT2D eigenvalue weighted by Gasteiger charge is -2.03. The highest BCUT2D eigenvalue weighted by molar-refractivity contribution is 8.13. The first-order chi connectivity index (χ1) is 7.51. The molecule has 0 aliphatic rings. The molecule has 0 N–H and O–H groups in total. The average molecular weight is 263 g/mol. The Bertz CT molecular complexity index is 429. The van der Waals surface area contributed by atoms with Crippen molar-refractivity contribution in [2.24, 2.45) is 0 Å². The van der Waals surface area contributed by atoms with Crippen molar-refractivity contribution >= 4 is 19.7 Å². The fourth-order valence-electron chi connectivity index (χ4n) is 1.43. The third kappa shape index (κ3) is 5.37. The van der Waals surface area contributed by atoms with E-state index < -0.39 is 9.05 Å². The molecule has 0 atom stereocenters. The second-order valence-corrected chi connectivity index (χ2v) is 6.45. The molecule has 0 aromatic heterocycles. The van der Waals surface area contributed by atoms with Crippen LogP contribution in [0.15, 0.2) is 24.3 Å². The van der Waals surface area contributed by atoms with Gasteiger partial charge in [-0.05, 0) is 37.0 Å². The largest absolute Gasteiger partial charge is 0.497 e. The van der Waals surface area contributed by atoms with Crippen molar-refractivity contribution in [3.63, 3.8) is 0 Å². The van der Waals surface area contributed by atoms with Gasteiger partial charge in [0, 0.05) is 10.7 Å². The summed E-state index contributed by atoms with van der Waals surface area (Å²) in [6.07, 6.45) is 2.23. The maximum Gasteiger partial charge on any atom is 0.232 e. The molecule has 1 aromatic carbocycles. The Labute approximate surface area is 101 Å². The molecule has 0 radical (unpaired) electrons. The number of hydrogen-bond donors (Lipinski definition) is 0. The van der Waals surface area contributed by atoms with Gasteiger partial charge in [0.25, 0.3) is 0 Å². The molecule has 0 saturated carbocycles. The van der Waals surface area contributed by atoms with Crippen LogP contribution in [0.2, 0.25) is 0 Å². The number of benzene rings is 1. The summed E-state index contributed by atoms with van der Waals surface area (Å²) >= 11 is 0. The first kappa shape index (κ1) is 13.3. The Kier molecular flexibility index (Phi) is 5.09. The van der Waals surface area contributed by atoms with Gasteiger partial charge in [-0.1, -0.05) is 12.1 Å². The number of aryl methyl sites for hydroxylation is 1. The fourth-order valence-corrected chi connectivity index (χ4v) is 2.31. The molecule has 0 unspecified atom stereocenters. The van der Waals surface area contributed by atoms with Gasteiger partial charge in [-0.15, -0.1) is 0 Å². The Morgan fingerprint density at radius 3 is 2.69 bits per heavy atom. The third-order valence-corrected chi connectivity index (χ3v) is 3.48. The molecule has 1 rings (SSSR count). The second kappa shape index (κ2) is 6.11. The zero-order chi connectivity index (χ0) is 12.0. The zero-order valence-electron chi connectivity index (χ0n) is 9.15. The summed E-state index contributed by atoms with van der Waals surface area (Å²) in [6, 6.07) is 7.76. The molecule has 0 saturated heterocycles. The number of ether oxygens (including phenoxy) is 1. The van der Waals surface area contributed by atoms with Gasteiger partial charge >= 0.3 is 0 Å². The van der Waals surface area contributed by atoms with Crippen LogP contribution in [-0.2, 0) is 15.5 Å². The van der Waals surface area contributed by atoms with Crippen LogP contribution in [0.4, 0.5) is 0 Å². The van der Waals surface area contributed by atoms with Crippen molar-refractivity contribution in [3.8, 4) is 5.75 Å². The van der Waals surface area contributed by atoms with E-state index in [4.69, 9.17) is 15.4 Å². The maximum absolute atomic E-state index is 10.7. The van der Waals surface area contributed by atoms with Crippen molar-refractivity contribution in [1.29, 1.82) is 0 Å². The van der Waals surface area contributed by atoms with E-state index in [2.05, 4.69) is 0 Å². The minimum Gasteiger partial charge on any atom is -0.497 e. The van der Waals surface area contributed by atoms with Gasteiger partial charge in [-0.25, -0.2) is 8.42 Å². The van der Waals surface area contributed by atoms with Gasteiger partial charge in [0.2, 0.25) is 9.05 Å². The first-order valence-electron chi connectivity index (χ1n) is 5.06. The molecule has 5 heteroatoms. The van der Waals surface area contributed by atoms with Crippen LogP contribution >= 0.6 is 10.7 Å². The molecule has 0 bridgehead atoms. The van der Waals surface area contributed by atoms with Crippen molar-refractivity contribution < 1.29 is 13.2 Å². The van der Waals surface area contributed by atoms with E-state index in [1.54, 1.807) is 7.11 Å². The van der Waals surface area contributed by atoms with Gasteiger partial charge in [0.05, 0.1) is 12.9 Å². The quantitative estimate of drug-likeness (QED) is 0.585. The topological polar surface area (TPSA) is 43.4 Å². The van der Waals surface area contributed by atoms with Gasteiger partial charge in [-0.2, -0.15) is 0 Å². The van der Waals surface area contributed by atoms with Gasteiger partial charge < -0.3 is 4.74 Å². The Balaban J connectivity index is 2.37. The smallest absolute Gasteiger partial charge is 0.232 e. The Hall–Kier alpha value is -0.740. The molecule has 0 aliphatic heterocycles. The highest BCUT2D eigenvalue weighted by Gasteiger charge is 2.04. The van der Waals surface area contributed by atoms with E-state index >= 15 is 0 Å². The Morgan fingerprint density at radius 1 is 1.31 bits per heavy atom. The summed E-state index contributed by atoms with van der Waals surface area (Å²) in [4.78, 5) is 0. The summed E-state index contributed by atoms with van der Waals surface area (Å²) in [6.45, 7) is 0. The van der Waals surface area contributed by atoms with Crippen LogP contribution in [0.1, 0.15) is 18.4 Å². The van der Waals surface area contributed by atoms with Crippen molar-refractivity contribution in [2.75, 3.05) is 12.9 Å². The first-order valence-corrected chi connectivity index (χ1v) is 7.54. The molecule has 3 nitrogen and oxygen atoms in total. The number of rotatable bonds is 6. The van der Waals surface area contributed by atoms with E-state index in [0.29, 0.717) is 6.42 Å². The highest BCUT2D eigenvalue weighted by Crippen LogP contribution is 2.14. The third-order valence-electron chi connectivity index (χ3n) is 2.24. The maximum atomic E-state index is 10.7. The van der Waals surface area contributed by atoms with E-state index in [1.807, 2.05) is 24.3 Å². The summed E-state index contributed by atoms with van der Waals surface area (Å²) in [5.41, 5.74) is 1.14. The summed E-state index contributed by atoms with van der Waals surface area (Å²) in [5.74, 6) is 0.862. The number of hydrogen-bond acceptors (Lipinski definition) is 3. The van der Waals surface area contributed by atoms with Crippen molar-refractivity contribution in [1.82, 2.24) is 0 Å². The molecule has 0 spiro atoms. The van der Waals surface area contributed by atoms with Crippen LogP contribution < -0.4 is 4.74 Å². The monoisotopic (exact) mass is 262 g/mol. The van der Waals surface area contributed by atoms with Crippen LogP contribution in [0, 0.1) is 0 Å². The van der Waals surface area contributed by atoms with E-state index in [1.165, 1.54) is 0 Å². The molecule has 0 amide bonds. The fraction of sp³-hybridized carbons (Fsp3) is 0.455. The summed E-state index contributed by atoms with van der Waals surface area (Å²) in [7, 11) is 3.40. The number of methoxy groups -OCH3 is 1. The van der Waals surface area contributed by atoms with E-state index in [-0.39, 0.29) is 5.75 Å². The second-order valence-electron chi connectivity index (χ2n) is 3.55. The lowest BCUT2D eigenvalue weighted by Crippen LogP contribution is -1.98. The highest BCUT2D eigenvalue weighted by atomic mass is 35.7. The molecular weight excluding hydrogens is 248 g/mol. The molecule has 1 aromatic rings. The van der Waals surface area contributed by atoms with Crippen LogP contribution in [0.5, 0.6) is 5.75 Å². The van der Waals surface area contributed by atoms with Crippen LogP contribution in [0.3, 0.4) is 0 Å². The lowest BCUT2D eigenvalue weighted by atomic mass is 10.1. The minimum absolute atomic E-state index is 0.0402. The van der Waals surface area contributed by atoms with Gasteiger partial charge in [0.15, 0.2) is 0 Å². The molecule has 90 valence electrons. The molecular formula is C11H15ClO3S. The van der Waals surface area contributed by atoms with Crippen molar-refractivity contribution in [2.45, 2.75) is 19.3 Å². The number of unbranched alkanes of at least 4 members (excludes halogenated alkanes) is 1. The van der Waals surface area contributed by atoms with E-state index in [9.17, 15) is 8.42 Å². The predicted octanol–water partition coefficient (Wildman–Crippen LogP) is 2.59. The summed E-state index contributed by atoms with van der Waals surface area (Å²) in [5, 5.41) is 0. The SMILES string of the molecule is COc1cccc(CCCCS(=O)(=O)Cl)c1. The van der Waals surface area contributed by atoms with Gasteiger partial charge in [-0.3, -0.25) is 0 Å². The molecule has 0 aliphatic carbocycles. The van der Waals surface area contributed by atoms with Crippen LogP contribution in [0.25, 0.3) is 0 Å². The zero-order valence-corrected chi connectivity index (χ0v) is 10.7. The number of halogens is 1. The van der Waals surface area contributed by atoms with Crippen LogP contribution in [-0.4, -0.2) is 21.3 Å².